The summed E-state index contributed by atoms with van der Waals surface area (Å²) < 4.78 is 2.02. The van der Waals surface area contributed by atoms with E-state index in [9.17, 15) is 4.79 Å². The molecule has 0 bridgehead atoms. The van der Waals surface area contributed by atoms with E-state index in [4.69, 9.17) is 11.6 Å². The molecule has 1 aliphatic heterocycles. The van der Waals surface area contributed by atoms with Crippen LogP contribution in [0, 0.1) is 12.3 Å². The van der Waals surface area contributed by atoms with Gasteiger partial charge in [0.15, 0.2) is 0 Å². The summed E-state index contributed by atoms with van der Waals surface area (Å²) in [5.74, 6) is 0.983. The molecule has 7 heteroatoms. The summed E-state index contributed by atoms with van der Waals surface area (Å²) in [5, 5.41) is 3.81. The molecular formula is C25H30ClN5O. The molecule has 168 valence electrons. The molecule has 0 atom stereocenters. The second-order valence-electron chi connectivity index (χ2n) is 8.70. The maximum Gasteiger partial charge on any atom is 0.126 e. The molecule has 0 aliphatic carbocycles. The molecule has 0 saturated carbocycles. The topological polar surface area (TPSA) is 63.1 Å². The van der Waals surface area contributed by atoms with Gasteiger partial charge in [0, 0.05) is 55.3 Å². The first-order valence-electron chi connectivity index (χ1n) is 11.1. The van der Waals surface area contributed by atoms with E-state index in [0.29, 0.717) is 5.02 Å². The third-order valence-corrected chi connectivity index (χ3v) is 6.95. The number of aromatic nitrogens is 3. The number of halogens is 1. The number of anilines is 1. The number of hydrogen-bond acceptors (Lipinski definition) is 5. The van der Waals surface area contributed by atoms with Crippen LogP contribution < -0.4 is 10.2 Å². The highest BCUT2D eigenvalue weighted by Crippen LogP contribution is 2.41. The lowest BCUT2D eigenvalue weighted by molar-refractivity contribution is -0.117. The summed E-state index contributed by atoms with van der Waals surface area (Å²) in [4.78, 5) is 23.1. The largest absolute Gasteiger partial charge is 0.370 e. The van der Waals surface area contributed by atoms with E-state index in [1.54, 1.807) is 6.20 Å². The maximum absolute atomic E-state index is 11.9. The third kappa shape index (κ3) is 4.43. The highest BCUT2D eigenvalue weighted by atomic mass is 35.5. The highest BCUT2D eigenvalue weighted by molar-refractivity contribution is 6.33. The predicted molar refractivity (Wildman–Crippen MR) is 130 cm³/mol. The number of nitrogens with one attached hydrogen (secondary N) is 1. The number of carbonyl (C=O) groups excluding carboxylic acids is 1. The number of aldehydes is 1. The van der Waals surface area contributed by atoms with Gasteiger partial charge in [-0.25, -0.2) is 4.98 Å². The zero-order chi connectivity index (χ0) is 22.7. The van der Waals surface area contributed by atoms with Crippen LogP contribution >= 0.6 is 11.6 Å². The summed E-state index contributed by atoms with van der Waals surface area (Å²) in [7, 11) is 3.93. The van der Waals surface area contributed by atoms with Gasteiger partial charge in [-0.3, -0.25) is 4.98 Å². The fourth-order valence-corrected chi connectivity index (χ4v) is 4.73. The van der Waals surface area contributed by atoms with Gasteiger partial charge in [-0.2, -0.15) is 0 Å². The average molecular weight is 452 g/mol. The molecule has 1 aromatic carbocycles. The monoisotopic (exact) mass is 451 g/mol. The zero-order valence-electron chi connectivity index (χ0n) is 18.9. The van der Waals surface area contributed by atoms with Crippen LogP contribution in [0.15, 0.2) is 42.9 Å². The fraction of sp³-hybridized carbons (Fsp3) is 0.400. The van der Waals surface area contributed by atoms with E-state index in [0.717, 1.165) is 79.1 Å². The second kappa shape index (κ2) is 9.43. The van der Waals surface area contributed by atoms with Crippen LogP contribution in [-0.4, -0.2) is 47.5 Å². The average Bonchev–Trinajstić information content (AvgIpc) is 3.16. The number of nitrogens with zero attached hydrogens (tertiary/aromatic N) is 4. The van der Waals surface area contributed by atoms with Crippen molar-refractivity contribution in [2.24, 2.45) is 12.5 Å². The van der Waals surface area contributed by atoms with Crippen LogP contribution in [0.3, 0.4) is 0 Å². The molecular weight excluding hydrogens is 422 g/mol. The maximum atomic E-state index is 11.9. The normalized spacial score (nSPS) is 15.7. The van der Waals surface area contributed by atoms with Gasteiger partial charge in [-0.05, 0) is 45.3 Å². The van der Waals surface area contributed by atoms with Crippen molar-refractivity contribution in [3.63, 3.8) is 0 Å². The molecule has 0 spiro atoms. The number of benzene rings is 1. The van der Waals surface area contributed by atoms with Gasteiger partial charge in [0.05, 0.1) is 16.4 Å². The first-order valence-corrected chi connectivity index (χ1v) is 11.4. The predicted octanol–water partition coefficient (Wildman–Crippen LogP) is 4.51. The Kier molecular flexibility index (Phi) is 6.63. The molecule has 0 radical (unpaired) electrons. The molecule has 1 N–H and O–H groups in total. The van der Waals surface area contributed by atoms with Gasteiger partial charge in [0.25, 0.3) is 0 Å². The Bertz CT molecular complexity index is 1060. The van der Waals surface area contributed by atoms with Crippen molar-refractivity contribution < 1.29 is 4.79 Å². The molecule has 1 fully saturated rings. The summed E-state index contributed by atoms with van der Waals surface area (Å²) >= 11 is 6.65. The number of hydrogen-bond donors (Lipinski definition) is 1. The molecule has 0 amide bonds. The molecule has 3 aromatic rings. The molecule has 4 rings (SSSR count). The first kappa shape index (κ1) is 22.5. The van der Waals surface area contributed by atoms with Crippen molar-refractivity contribution in [3.05, 3.63) is 53.7 Å². The number of piperidine rings is 1. The Morgan fingerprint density at radius 2 is 1.84 bits per heavy atom. The molecule has 6 nitrogen and oxygen atoms in total. The summed E-state index contributed by atoms with van der Waals surface area (Å²) in [5.41, 5.74) is 4.86. The van der Waals surface area contributed by atoms with Crippen LogP contribution in [0.4, 0.5) is 5.69 Å². The number of rotatable bonds is 7. The molecule has 0 unspecified atom stereocenters. The smallest absolute Gasteiger partial charge is 0.126 e. The van der Waals surface area contributed by atoms with Crippen LogP contribution in [0.5, 0.6) is 0 Å². The van der Waals surface area contributed by atoms with Gasteiger partial charge in [0.2, 0.25) is 0 Å². The minimum atomic E-state index is -0.248. The van der Waals surface area contributed by atoms with Crippen LogP contribution in [0.2, 0.25) is 5.02 Å². The van der Waals surface area contributed by atoms with Crippen LogP contribution in [0.25, 0.3) is 22.4 Å². The van der Waals surface area contributed by atoms with E-state index in [2.05, 4.69) is 44.5 Å². The number of pyridine rings is 1. The van der Waals surface area contributed by atoms with Crippen molar-refractivity contribution in [2.75, 3.05) is 31.6 Å². The molecule has 32 heavy (non-hydrogen) atoms. The Morgan fingerprint density at radius 3 is 2.44 bits per heavy atom. The van der Waals surface area contributed by atoms with E-state index in [-0.39, 0.29) is 5.41 Å². The zero-order valence-corrected chi connectivity index (χ0v) is 19.7. The van der Waals surface area contributed by atoms with Gasteiger partial charge in [-0.15, -0.1) is 0 Å². The summed E-state index contributed by atoms with van der Waals surface area (Å²) in [6.07, 6.45) is 9.30. The minimum Gasteiger partial charge on any atom is -0.370 e. The van der Waals surface area contributed by atoms with Crippen molar-refractivity contribution >= 4 is 23.6 Å². The van der Waals surface area contributed by atoms with Crippen molar-refractivity contribution in [2.45, 2.75) is 26.2 Å². The number of aryl methyl sites for hydroxylation is 2. The Morgan fingerprint density at radius 1 is 1.16 bits per heavy atom. The van der Waals surface area contributed by atoms with Crippen LogP contribution in [0.1, 0.15) is 25.1 Å². The van der Waals surface area contributed by atoms with E-state index >= 15 is 0 Å². The molecule has 3 heterocycles. The van der Waals surface area contributed by atoms with Crippen molar-refractivity contribution in [3.8, 4) is 22.4 Å². The first-order chi connectivity index (χ1) is 15.5. The summed E-state index contributed by atoms with van der Waals surface area (Å²) in [6.45, 7) is 4.44. The molecule has 2 aromatic heterocycles. The fourth-order valence-electron chi connectivity index (χ4n) is 4.46. The number of imidazole rings is 1. The quantitative estimate of drug-likeness (QED) is 0.535. The van der Waals surface area contributed by atoms with Crippen molar-refractivity contribution in [1.82, 2.24) is 19.9 Å². The lowest BCUT2D eigenvalue weighted by Crippen LogP contribution is -2.42. The summed E-state index contributed by atoms with van der Waals surface area (Å²) in [6, 6.07) is 8.38. The standard InChI is InChI=1S/C25H30ClN5O/c1-18-29-23(16-30(18)3)20-6-4-19(5-7-20)21-14-28-15-22(26)24(21)31-12-9-25(17-32,10-13-31)8-11-27-2/h4-7,14-17,27H,8-13H2,1-3H3. The van der Waals surface area contributed by atoms with Crippen molar-refractivity contribution in [1.29, 1.82) is 0 Å². The lowest BCUT2D eigenvalue weighted by Gasteiger charge is -2.40. The SMILES string of the molecule is CNCCC1(C=O)CCN(c2c(Cl)cncc2-c2ccc(-c3cn(C)c(C)n3)cc2)CC1. The Balaban J connectivity index is 1.59. The van der Waals surface area contributed by atoms with E-state index in [1.165, 1.54) is 0 Å². The minimum absolute atomic E-state index is 0.248. The molecule has 1 saturated heterocycles. The van der Waals surface area contributed by atoms with Gasteiger partial charge >= 0.3 is 0 Å². The van der Waals surface area contributed by atoms with E-state index in [1.807, 2.05) is 38.0 Å². The molecule has 1 aliphatic rings. The van der Waals surface area contributed by atoms with E-state index < -0.39 is 0 Å². The van der Waals surface area contributed by atoms with Crippen LogP contribution in [-0.2, 0) is 11.8 Å². The van der Waals surface area contributed by atoms with Gasteiger partial charge in [0.1, 0.15) is 12.1 Å². The lowest BCUT2D eigenvalue weighted by atomic mass is 9.77. The van der Waals surface area contributed by atoms with Gasteiger partial charge in [-0.1, -0.05) is 35.9 Å². The van der Waals surface area contributed by atoms with Gasteiger partial charge < -0.3 is 19.6 Å². The second-order valence-corrected chi connectivity index (χ2v) is 9.11. The number of carbonyl (C=O) groups is 1. The highest BCUT2D eigenvalue weighted by Gasteiger charge is 2.35. The third-order valence-electron chi connectivity index (χ3n) is 6.67. The Hall–Kier alpha value is -2.70. The Labute approximate surface area is 194 Å².